The number of amides is 1. The molecule has 4 rings (SSSR count). The van der Waals surface area contributed by atoms with E-state index in [0.29, 0.717) is 26.2 Å². The van der Waals surface area contributed by atoms with Crippen LogP contribution in [-0.4, -0.2) is 41.9 Å². The highest BCUT2D eigenvalue weighted by molar-refractivity contribution is 9.10. The normalized spacial score (nSPS) is 15.7. The van der Waals surface area contributed by atoms with Crippen molar-refractivity contribution < 1.29 is 13.6 Å². The highest BCUT2D eigenvalue weighted by Crippen LogP contribution is 2.31. The van der Waals surface area contributed by atoms with Crippen LogP contribution in [0.1, 0.15) is 33.1 Å². The van der Waals surface area contributed by atoms with Crippen LogP contribution in [0.3, 0.4) is 0 Å². The highest BCUT2D eigenvalue weighted by atomic mass is 79.9. The van der Waals surface area contributed by atoms with E-state index in [0.717, 1.165) is 16.1 Å². The summed E-state index contributed by atoms with van der Waals surface area (Å²) in [5.41, 5.74) is 2.13. The van der Waals surface area contributed by atoms with Crippen LogP contribution in [0.2, 0.25) is 0 Å². The largest absolute Gasteiger partial charge is 0.336 e. The van der Waals surface area contributed by atoms with Gasteiger partial charge in [-0.2, -0.15) is 0 Å². The number of benzene rings is 3. The van der Waals surface area contributed by atoms with E-state index in [2.05, 4.69) is 45.1 Å². The highest BCUT2D eigenvalue weighted by Gasteiger charge is 2.31. The Balaban J connectivity index is 1.55. The Kier molecular flexibility index (Phi) is 6.49. The fraction of sp³-hybridized carbons (Fsp3) is 0.240. The van der Waals surface area contributed by atoms with Crippen molar-refractivity contribution in [2.75, 3.05) is 26.2 Å². The summed E-state index contributed by atoms with van der Waals surface area (Å²) in [6.45, 7) is 3.57. The lowest BCUT2D eigenvalue weighted by Gasteiger charge is -2.40. The van der Waals surface area contributed by atoms with Gasteiger partial charge in [0.25, 0.3) is 5.91 Å². The zero-order valence-corrected chi connectivity index (χ0v) is 18.8. The maximum atomic E-state index is 14.4. The van der Waals surface area contributed by atoms with Gasteiger partial charge in [0.1, 0.15) is 17.2 Å². The number of carbonyl (C=O) groups is 1. The Bertz CT molecular complexity index is 1060. The molecule has 1 amide bonds. The summed E-state index contributed by atoms with van der Waals surface area (Å²) in [5.74, 6) is -2.17. The maximum Gasteiger partial charge on any atom is 0.259 e. The minimum Gasteiger partial charge on any atom is -0.336 e. The second kappa shape index (κ2) is 9.28. The summed E-state index contributed by atoms with van der Waals surface area (Å²) in [6.07, 6.45) is 0. The maximum absolute atomic E-state index is 14.4. The first kappa shape index (κ1) is 21.7. The van der Waals surface area contributed by atoms with E-state index in [1.807, 2.05) is 30.3 Å². The van der Waals surface area contributed by atoms with E-state index in [4.69, 9.17) is 0 Å². The first-order chi connectivity index (χ1) is 15.0. The molecule has 0 aliphatic carbocycles. The summed E-state index contributed by atoms with van der Waals surface area (Å²) in [5, 5.41) is 0. The van der Waals surface area contributed by atoms with Crippen molar-refractivity contribution >= 4 is 21.8 Å². The number of hydrogen-bond acceptors (Lipinski definition) is 2. The van der Waals surface area contributed by atoms with Gasteiger partial charge in [-0.15, -0.1) is 0 Å². The minimum absolute atomic E-state index is 0.0407. The first-order valence-electron chi connectivity index (χ1n) is 10.2. The summed E-state index contributed by atoms with van der Waals surface area (Å²) in [7, 11) is 0. The van der Waals surface area contributed by atoms with Crippen molar-refractivity contribution in [3.63, 3.8) is 0 Å². The van der Waals surface area contributed by atoms with E-state index < -0.39 is 23.1 Å². The molecule has 1 heterocycles. The fourth-order valence-electron chi connectivity index (χ4n) is 4.09. The smallest absolute Gasteiger partial charge is 0.259 e. The van der Waals surface area contributed by atoms with Crippen molar-refractivity contribution in [3.8, 4) is 0 Å². The predicted octanol–water partition coefficient (Wildman–Crippen LogP) is 5.58. The van der Waals surface area contributed by atoms with Crippen molar-refractivity contribution in [1.82, 2.24) is 9.80 Å². The van der Waals surface area contributed by atoms with Crippen LogP contribution >= 0.6 is 15.9 Å². The molecule has 1 saturated heterocycles. The Morgan fingerprint density at radius 3 is 2.13 bits per heavy atom. The molecule has 1 aliphatic rings. The second-order valence-corrected chi connectivity index (χ2v) is 8.66. The van der Waals surface area contributed by atoms with Crippen LogP contribution in [0.15, 0.2) is 71.2 Å². The van der Waals surface area contributed by atoms with E-state index in [-0.39, 0.29) is 11.6 Å². The zero-order valence-electron chi connectivity index (χ0n) is 17.2. The van der Waals surface area contributed by atoms with E-state index >= 15 is 0 Å². The van der Waals surface area contributed by atoms with Gasteiger partial charge in [-0.1, -0.05) is 64.5 Å². The Hall–Kier alpha value is -2.57. The second-order valence-electron chi connectivity index (χ2n) is 7.75. The van der Waals surface area contributed by atoms with Crippen LogP contribution in [0.4, 0.5) is 8.78 Å². The number of aryl methyl sites for hydroxylation is 1. The first-order valence-corrected chi connectivity index (χ1v) is 11.0. The molecule has 0 radical (unpaired) electrons. The summed E-state index contributed by atoms with van der Waals surface area (Å²) < 4.78 is 29.7. The molecule has 3 aromatic carbocycles. The van der Waals surface area contributed by atoms with Gasteiger partial charge in [0.15, 0.2) is 0 Å². The average Bonchev–Trinajstić information content (AvgIpc) is 2.79. The molecular formula is C25H23BrF2N2O. The number of rotatable bonds is 4. The van der Waals surface area contributed by atoms with Gasteiger partial charge in [0.05, 0.1) is 6.04 Å². The summed E-state index contributed by atoms with van der Waals surface area (Å²) >= 11 is 3.49. The van der Waals surface area contributed by atoms with E-state index in [1.54, 1.807) is 4.90 Å². The molecular weight excluding hydrogens is 462 g/mol. The number of carbonyl (C=O) groups excluding carboxylic acids is 1. The molecule has 0 N–H and O–H groups in total. The van der Waals surface area contributed by atoms with Gasteiger partial charge >= 0.3 is 0 Å². The van der Waals surface area contributed by atoms with Crippen molar-refractivity contribution in [1.29, 1.82) is 0 Å². The van der Waals surface area contributed by atoms with Crippen molar-refractivity contribution in [2.24, 2.45) is 0 Å². The Labute approximate surface area is 189 Å². The van der Waals surface area contributed by atoms with Gasteiger partial charge in [-0.25, -0.2) is 8.78 Å². The fourth-order valence-corrected chi connectivity index (χ4v) is 4.35. The van der Waals surface area contributed by atoms with Gasteiger partial charge in [0, 0.05) is 30.7 Å². The SMILES string of the molecule is Cc1ccc(F)c(C(=O)N2CCN([C@H](c3ccccc3)c3ccc(Br)cc3)CC2)c1F. The quantitative estimate of drug-likeness (QED) is 0.482. The molecule has 0 bridgehead atoms. The molecule has 3 aromatic rings. The molecule has 31 heavy (non-hydrogen) atoms. The number of halogens is 3. The molecule has 0 aromatic heterocycles. The summed E-state index contributed by atoms with van der Waals surface area (Å²) in [6, 6.07) is 21.0. The van der Waals surface area contributed by atoms with Crippen LogP contribution in [0.25, 0.3) is 0 Å². The Morgan fingerprint density at radius 1 is 0.871 bits per heavy atom. The molecule has 3 nitrogen and oxygen atoms in total. The van der Waals surface area contributed by atoms with Gasteiger partial charge in [-0.3, -0.25) is 9.69 Å². The van der Waals surface area contributed by atoms with Gasteiger partial charge < -0.3 is 4.90 Å². The van der Waals surface area contributed by atoms with Crippen molar-refractivity contribution in [3.05, 3.63) is 105 Å². The third kappa shape index (κ3) is 4.55. The molecule has 1 atom stereocenters. The van der Waals surface area contributed by atoms with Crippen LogP contribution < -0.4 is 0 Å². The monoisotopic (exact) mass is 484 g/mol. The van der Waals surface area contributed by atoms with E-state index in [1.165, 1.54) is 18.6 Å². The molecule has 0 spiro atoms. The average molecular weight is 485 g/mol. The van der Waals surface area contributed by atoms with Gasteiger partial charge in [0.2, 0.25) is 0 Å². The van der Waals surface area contributed by atoms with Gasteiger partial charge in [-0.05, 0) is 41.8 Å². The zero-order chi connectivity index (χ0) is 22.0. The number of nitrogens with zero attached hydrogens (tertiary/aromatic N) is 2. The topological polar surface area (TPSA) is 23.6 Å². The van der Waals surface area contributed by atoms with Crippen LogP contribution in [0.5, 0.6) is 0 Å². The third-order valence-corrected chi connectivity index (χ3v) is 6.29. The molecule has 160 valence electrons. The van der Waals surface area contributed by atoms with Crippen LogP contribution in [-0.2, 0) is 0 Å². The lowest BCUT2D eigenvalue weighted by molar-refractivity contribution is 0.0588. The minimum atomic E-state index is -0.812. The third-order valence-electron chi connectivity index (χ3n) is 5.77. The van der Waals surface area contributed by atoms with Crippen LogP contribution in [0, 0.1) is 18.6 Å². The lowest BCUT2D eigenvalue weighted by Crippen LogP contribution is -2.50. The predicted molar refractivity (Wildman–Crippen MR) is 121 cm³/mol. The van der Waals surface area contributed by atoms with Crippen molar-refractivity contribution in [2.45, 2.75) is 13.0 Å². The standard InChI is InChI=1S/C25H23BrF2N2O/c1-17-7-12-21(27)22(23(17)28)25(31)30-15-13-29(14-16-30)24(18-5-3-2-4-6-18)19-8-10-20(26)11-9-19/h2-12,24H,13-16H2,1H3/t24-/m1/s1. The molecule has 1 aliphatic heterocycles. The molecule has 6 heteroatoms. The number of hydrogen-bond donors (Lipinski definition) is 0. The molecule has 0 unspecified atom stereocenters. The molecule has 1 fully saturated rings. The molecule has 0 saturated carbocycles. The summed E-state index contributed by atoms with van der Waals surface area (Å²) in [4.78, 5) is 16.7. The lowest BCUT2D eigenvalue weighted by atomic mass is 9.96. The number of piperazine rings is 1. The van der Waals surface area contributed by atoms with E-state index in [9.17, 15) is 13.6 Å². The Morgan fingerprint density at radius 2 is 1.48 bits per heavy atom.